The van der Waals surface area contributed by atoms with E-state index in [2.05, 4.69) is 15.4 Å². The predicted molar refractivity (Wildman–Crippen MR) is 130 cm³/mol. The fourth-order valence-corrected chi connectivity index (χ4v) is 3.14. The quantitative estimate of drug-likeness (QED) is 0.152. The number of halogens is 6. The van der Waals surface area contributed by atoms with Crippen LogP contribution in [-0.4, -0.2) is 28.5 Å². The summed E-state index contributed by atoms with van der Waals surface area (Å²) < 4.78 is 83.3. The Kier molecular flexibility index (Phi) is 8.63. The van der Waals surface area contributed by atoms with Gasteiger partial charge in [0.05, 0.1) is 11.4 Å². The van der Waals surface area contributed by atoms with Crippen LogP contribution in [-0.2, 0) is 4.79 Å². The number of hydrogen-bond acceptors (Lipinski definition) is 6. The molecule has 0 aliphatic heterocycles. The number of anilines is 2. The number of nitrogens with two attached hydrogens (primary N) is 1. The normalized spacial score (nSPS) is 12.9. The van der Waals surface area contributed by atoms with E-state index in [1.165, 1.54) is 30.3 Å². The number of rotatable bonds is 10. The lowest BCUT2D eigenvalue weighted by atomic mass is 10.1. The van der Waals surface area contributed by atoms with Gasteiger partial charge in [0.2, 0.25) is 5.78 Å². The van der Waals surface area contributed by atoms with Crippen LogP contribution in [0.15, 0.2) is 78.9 Å². The summed E-state index contributed by atoms with van der Waals surface area (Å²) in [4.78, 5) is 12.5. The Morgan fingerprint density at radius 3 is 2.37 bits per heavy atom. The second kappa shape index (κ2) is 11.7. The first-order chi connectivity index (χ1) is 17.8. The molecule has 3 rings (SSSR count). The summed E-state index contributed by atoms with van der Waals surface area (Å²) in [6.07, 6.45) is 0.133. The SMILES string of the molecule is CC(N)/C=C(\Nc1cccc(OC(F)(F)F)c1)C(=N)C(=O)/C=C\Nc1ccc(-n2cc(F)c(F)c2)cc1F. The van der Waals surface area contributed by atoms with Gasteiger partial charge >= 0.3 is 6.36 Å². The number of allylic oxidation sites excluding steroid dienone is 2. The second-order valence-corrected chi connectivity index (χ2v) is 7.88. The van der Waals surface area contributed by atoms with E-state index in [1.54, 1.807) is 6.92 Å². The van der Waals surface area contributed by atoms with E-state index in [4.69, 9.17) is 11.1 Å². The number of carbonyl (C=O) groups is 1. The van der Waals surface area contributed by atoms with Crippen LogP contribution in [0.25, 0.3) is 5.69 Å². The zero-order valence-corrected chi connectivity index (χ0v) is 19.6. The smallest absolute Gasteiger partial charge is 0.406 e. The molecule has 5 N–H and O–H groups in total. The van der Waals surface area contributed by atoms with Crippen molar-refractivity contribution in [1.82, 2.24) is 4.57 Å². The lowest BCUT2D eigenvalue weighted by Crippen LogP contribution is -2.23. The van der Waals surface area contributed by atoms with Crippen molar-refractivity contribution in [2.75, 3.05) is 10.6 Å². The minimum absolute atomic E-state index is 0.0663. The molecule has 0 spiro atoms. The largest absolute Gasteiger partial charge is 0.573 e. The van der Waals surface area contributed by atoms with Crippen molar-refractivity contribution < 1.29 is 35.9 Å². The van der Waals surface area contributed by atoms with Gasteiger partial charge in [-0.25, -0.2) is 13.2 Å². The standard InChI is InChI=1S/C25H21F6N5O2/c1-14(32)9-22(35-15-3-2-4-17(10-15)38-25(29,30)31)24(33)23(37)7-8-34-21-6-5-16(11-18(21)26)36-12-19(27)20(28)13-36/h2-14,33-35H,32H2,1H3/b8-7-,22-9-,33-24?. The van der Waals surface area contributed by atoms with Crippen LogP contribution in [0.5, 0.6) is 5.75 Å². The fourth-order valence-electron chi connectivity index (χ4n) is 3.14. The van der Waals surface area contributed by atoms with E-state index in [0.29, 0.717) is 0 Å². The number of ketones is 1. The molecule has 1 aromatic heterocycles. The summed E-state index contributed by atoms with van der Waals surface area (Å²) in [5.74, 6) is -4.32. The highest BCUT2D eigenvalue weighted by molar-refractivity contribution is 6.49. The van der Waals surface area contributed by atoms with Gasteiger partial charge in [-0.05, 0) is 37.3 Å². The number of alkyl halides is 3. The van der Waals surface area contributed by atoms with Gasteiger partial charge in [-0.1, -0.05) is 6.07 Å². The first kappa shape index (κ1) is 28.1. The van der Waals surface area contributed by atoms with E-state index in [1.807, 2.05) is 0 Å². The van der Waals surface area contributed by atoms with Gasteiger partial charge in [0.25, 0.3) is 0 Å². The van der Waals surface area contributed by atoms with Gasteiger partial charge in [-0.3, -0.25) is 10.2 Å². The lowest BCUT2D eigenvalue weighted by Gasteiger charge is -2.14. The molecule has 1 unspecified atom stereocenters. The van der Waals surface area contributed by atoms with E-state index in [-0.39, 0.29) is 22.8 Å². The van der Waals surface area contributed by atoms with Gasteiger partial charge in [-0.15, -0.1) is 13.2 Å². The topological polar surface area (TPSA) is 105 Å². The Morgan fingerprint density at radius 2 is 1.76 bits per heavy atom. The third-order valence-corrected chi connectivity index (χ3v) is 4.75. The van der Waals surface area contributed by atoms with Crippen molar-refractivity contribution >= 4 is 22.9 Å². The van der Waals surface area contributed by atoms with Crippen LogP contribution in [0.4, 0.5) is 37.7 Å². The van der Waals surface area contributed by atoms with Crippen LogP contribution < -0.4 is 21.1 Å². The van der Waals surface area contributed by atoms with Crippen LogP contribution in [0.2, 0.25) is 0 Å². The van der Waals surface area contributed by atoms with Gasteiger partial charge < -0.3 is 25.7 Å². The average molecular weight is 537 g/mol. The molecule has 38 heavy (non-hydrogen) atoms. The molecule has 1 atom stereocenters. The Hall–Kier alpha value is -4.52. The molecule has 200 valence electrons. The molecular weight excluding hydrogens is 516 g/mol. The molecule has 0 amide bonds. The molecule has 7 nitrogen and oxygen atoms in total. The van der Waals surface area contributed by atoms with Crippen LogP contribution in [0, 0.1) is 22.9 Å². The Balaban J connectivity index is 1.70. The monoisotopic (exact) mass is 537 g/mol. The maximum Gasteiger partial charge on any atom is 0.573 e. The summed E-state index contributed by atoms with van der Waals surface area (Å²) in [5, 5.41) is 13.4. The number of nitrogens with zero attached hydrogens (tertiary/aromatic N) is 1. The molecule has 0 saturated heterocycles. The number of benzene rings is 2. The van der Waals surface area contributed by atoms with Crippen molar-refractivity contribution in [1.29, 1.82) is 5.41 Å². The van der Waals surface area contributed by atoms with E-state index < -0.39 is 47.1 Å². The number of carbonyl (C=O) groups excluding carboxylic acids is 1. The van der Waals surface area contributed by atoms with Crippen LogP contribution >= 0.6 is 0 Å². The zero-order chi connectivity index (χ0) is 28.0. The third-order valence-electron chi connectivity index (χ3n) is 4.75. The molecular formula is C25H21F6N5O2. The first-order valence-corrected chi connectivity index (χ1v) is 10.8. The molecule has 0 bridgehead atoms. The highest BCUT2D eigenvalue weighted by atomic mass is 19.4. The molecule has 0 aliphatic carbocycles. The second-order valence-electron chi connectivity index (χ2n) is 7.88. The van der Waals surface area contributed by atoms with E-state index >= 15 is 0 Å². The Morgan fingerprint density at radius 1 is 1.08 bits per heavy atom. The summed E-state index contributed by atoms with van der Waals surface area (Å²) in [6.45, 7) is 1.56. The van der Waals surface area contributed by atoms with Crippen molar-refractivity contribution in [2.45, 2.75) is 19.3 Å². The van der Waals surface area contributed by atoms with Crippen molar-refractivity contribution in [3.8, 4) is 11.4 Å². The molecule has 0 aliphatic rings. The summed E-state index contributed by atoms with van der Waals surface area (Å²) in [7, 11) is 0. The molecule has 13 heteroatoms. The molecule has 0 saturated carbocycles. The minimum atomic E-state index is -4.90. The summed E-state index contributed by atoms with van der Waals surface area (Å²) in [5.41, 5.74) is 5.27. The zero-order valence-electron chi connectivity index (χ0n) is 19.6. The molecule has 2 aromatic carbocycles. The number of aromatic nitrogens is 1. The molecule has 0 radical (unpaired) electrons. The predicted octanol–water partition coefficient (Wildman–Crippen LogP) is 5.65. The third kappa shape index (κ3) is 7.74. The molecule has 0 fully saturated rings. The number of nitrogens with one attached hydrogen (secondary N) is 3. The number of ether oxygens (including phenoxy) is 1. The molecule has 3 aromatic rings. The van der Waals surface area contributed by atoms with E-state index in [0.717, 1.165) is 47.4 Å². The van der Waals surface area contributed by atoms with Crippen molar-refractivity contribution in [2.24, 2.45) is 5.73 Å². The van der Waals surface area contributed by atoms with E-state index in [9.17, 15) is 31.1 Å². The average Bonchev–Trinajstić information content (AvgIpc) is 3.16. The lowest BCUT2D eigenvalue weighted by molar-refractivity contribution is -0.274. The maximum atomic E-state index is 14.4. The van der Waals surface area contributed by atoms with Gasteiger partial charge in [0.15, 0.2) is 11.6 Å². The highest BCUT2D eigenvalue weighted by Gasteiger charge is 2.31. The maximum absolute atomic E-state index is 14.4. The number of hydrogen-bond donors (Lipinski definition) is 4. The summed E-state index contributed by atoms with van der Waals surface area (Å²) >= 11 is 0. The highest BCUT2D eigenvalue weighted by Crippen LogP contribution is 2.26. The minimum Gasteiger partial charge on any atom is -0.406 e. The van der Waals surface area contributed by atoms with Gasteiger partial charge in [-0.2, -0.15) is 0 Å². The van der Waals surface area contributed by atoms with Gasteiger partial charge in [0.1, 0.15) is 17.3 Å². The summed E-state index contributed by atoms with van der Waals surface area (Å²) in [6, 6.07) is 7.84. The van der Waals surface area contributed by atoms with Crippen molar-refractivity contribution in [3.63, 3.8) is 0 Å². The Labute approximate surface area is 212 Å². The van der Waals surface area contributed by atoms with Crippen LogP contribution in [0.3, 0.4) is 0 Å². The Bertz CT molecular complexity index is 1380. The van der Waals surface area contributed by atoms with Crippen LogP contribution in [0.1, 0.15) is 6.92 Å². The molecule has 1 heterocycles. The van der Waals surface area contributed by atoms with Crippen molar-refractivity contribution in [3.05, 3.63) is 96.4 Å². The fraction of sp³-hybridized carbons (Fsp3) is 0.120. The van der Waals surface area contributed by atoms with Gasteiger partial charge in [0, 0.05) is 54.2 Å². The first-order valence-electron chi connectivity index (χ1n) is 10.8.